The van der Waals surface area contributed by atoms with E-state index < -0.39 is 0 Å². The number of benzene rings is 1. The highest BCUT2D eigenvalue weighted by Crippen LogP contribution is 2.30. The molecule has 0 unspecified atom stereocenters. The van der Waals surface area contributed by atoms with Crippen molar-refractivity contribution in [3.63, 3.8) is 0 Å². The van der Waals surface area contributed by atoms with Crippen molar-refractivity contribution in [3.8, 4) is 5.75 Å². The lowest BCUT2D eigenvalue weighted by Gasteiger charge is -2.24. The van der Waals surface area contributed by atoms with Gasteiger partial charge in [-0.2, -0.15) is 0 Å². The van der Waals surface area contributed by atoms with E-state index in [9.17, 15) is 0 Å². The van der Waals surface area contributed by atoms with E-state index in [0.29, 0.717) is 13.2 Å². The van der Waals surface area contributed by atoms with Gasteiger partial charge in [0.15, 0.2) is 0 Å². The van der Waals surface area contributed by atoms with Crippen molar-refractivity contribution in [2.24, 2.45) is 0 Å². The summed E-state index contributed by atoms with van der Waals surface area (Å²) in [5, 5.41) is 3.53. The number of nitrogens with zero attached hydrogens (tertiary/aromatic N) is 1. The van der Waals surface area contributed by atoms with Crippen LogP contribution in [0.3, 0.4) is 0 Å². The molecule has 0 saturated carbocycles. The molecule has 5 heteroatoms. The highest BCUT2D eigenvalue weighted by molar-refractivity contribution is 5.41. The molecular formula is C16H21N3O2. The number of hydrogen-bond donors (Lipinski definition) is 2. The molecule has 0 spiro atoms. The van der Waals surface area contributed by atoms with Gasteiger partial charge >= 0.3 is 0 Å². The maximum atomic E-state index is 5.54. The van der Waals surface area contributed by atoms with E-state index in [1.54, 1.807) is 13.4 Å². The van der Waals surface area contributed by atoms with E-state index in [0.717, 1.165) is 30.0 Å². The van der Waals surface area contributed by atoms with Gasteiger partial charge in [0.05, 0.1) is 31.8 Å². The smallest absolute Gasteiger partial charge is 0.124 e. The Hall–Kier alpha value is -1.85. The van der Waals surface area contributed by atoms with Gasteiger partial charge in [0.2, 0.25) is 0 Å². The average Bonchev–Trinajstić information content (AvgIpc) is 3.01. The standard InChI is InChI=1S/C16H21N3O2/c1-3-21-9-12-8-11(4-5-14(12)20-2)15-16-13(6-7-17-15)18-10-19-16/h4-5,8,10,15,17H,3,6-7,9H2,1-2H3,(H,18,19)/t15-/m0/s1. The Bertz CT molecular complexity index is 609. The van der Waals surface area contributed by atoms with Crippen molar-refractivity contribution in [3.05, 3.63) is 47.0 Å². The lowest BCUT2D eigenvalue weighted by Crippen LogP contribution is -2.30. The first-order valence-electron chi connectivity index (χ1n) is 7.33. The fourth-order valence-corrected chi connectivity index (χ4v) is 2.80. The lowest BCUT2D eigenvalue weighted by atomic mass is 9.96. The number of aromatic amines is 1. The minimum absolute atomic E-state index is 0.131. The van der Waals surface area contributed by atoms with Gasteiger partial charge in [0.1, 0.15) is 5.75 Å². The first-order valence-corrected chi connectivity index (χ1v) is 7.33. The predicted octanol–water partition coefficient (Wildman–Crippen LogP) is 2.19. The summed E-state index contributed by atoms with van der Waals surface area (Å²) < 4.78 is 11.0. The largest absolute Gasteiger partial charge is 0.496 e. The summed E-state index contributed by atoms with van der Waals surface area (Å²) in [5.41, 5.74) is 4.58. The molecular weight excluding hydrogens is 266 g/mol. The van der Waals surface area contributed by atoms with E-state index in [2.05, 4.69) is 27.4 Å². The van der Waals surface area contributed by atoms with Gasteiger partial charge in [-0.15, -0.1) is 0 Å². The van der Waals surface area contributed by atoms with Gasteiger partial charge in [-0.3, -0.25) is 0 Å². The molecule has 0 radical (unpaired) electrons. The molecule has 21 heavy (non-hydrogen) atoms. The Morgan fingerprint density at radius 3 is 3.10 bits per heavy atom. The van der Waals surface area contributed by atoms with Crippen LogP contribution in [-0.4, -0.2) is 30.2 Å². The number of ether oxygens (including phenoxy) is 2. The summed E-state index contributed by atoms with van der Waals surface area (Å²) >= 11 is 0. The zero-order valence-corrected chi connectivity index (χ0v) is 12.5. The minimum Gasteiger partial charge on any atom is -0.496 e. The van der Waals surface area contributed by atoms with Crippen LogP contribution in [0.5, 0.6) is 5.75 Å². The average molecular weight is 287 g/mol. The molecule has 1 aliphatic heterocycles. The van der Waals surface area contributed by atoms with Crippen molar-refractivity contribution < 1.29 is 9.47 Å². The van der Waals surface area contributed by atoms with Gasteiger partial charge in [-0.25, -0.2) is 4.98 Å². The van der Waals surface area contributed by atoms with Crippen LogP contribution in [0.1, 0.15) is 35.5 Å². The summed E-state index contributed by atoms with van der Waals surface area (Å²) in [5.74, 6) is 0.866. The molecule has 5 nitrogen and oxygen atoms in total. The van der Waals surface area contributed by atoms with Gasteiger partial charge in [-0.05, 0) is 24.6 Å². The van der Waals surface area contributed by atoms with Gasteiger partial charge in [0.25, 0.3) is 0 Å². The number of hydrogen-bond acceptors (Lipinski definition) is 4. The number of fused-ring (bicyclic) bond motifs is 1. The maximum absolute atomic E-state index is 5.54. The van der Waals surface area contributed by atoms with Crippen LogP contribution in [0.2, 0.25) is 0 Å². The number of H-pyrrole nitrogens is 1. The summed E-state index contributed by atoms with van der Waals surface area (Å²) in [7, 11) is 1.69. The molecule has 3 rings (SSSR count). The monoisotopic (exact) mass is 287 g/mol. The van der Waals surface area contributed by atoms with Crippen LogP contribution in [0, 0.1) is 0 Å². The molecule has 1 aromatic carbocycles. The van der Waals surface area contributed by atoms with Crippen LogP contribution in [0.4, 0.5) is 0 Å². The Labute approximate surface area is 124 Å². The molecule has 1 atom stereocenters. The quantitative estimate of drug-likeness (QED) is 0.885. The van der Waals surface area contributed by atoms with Gasteiger partial charge in [0, 0.05) is 30.8 Å². The second-order valence-electron chi connectivity index (χ2n) is 5.11. The first kappa shape index (κ1) is 14.1. The third-order valence-corrected chi connectivity index (χ3v) is 3.85. The van der Waals surface area contributed by atoms with E-state index in [1.807, 2.05) is 13.0 Å². The third kappa shape index (κ3) is 2.80. The molecule has 0 saturated heterocycles. The zero-order valence-electron chi connectivity index (χ0n) is 12.5. The highest BCUT2D eigenvalue weighted by Gasteiger charge is 2.24. The predicted molar refractivity (Wildman–Crippen MR) is 80.5 cm³/mol. The molecule has 2 N–H and O–H groups in total. The molecule has 2 heterocycles. The third-order valence-electron chi connectivity index (χ3n) is 3.85. The molecule has 0 amide bonds. The summed E-state index contributed by atoms with van der Waals surface area (Å²) in [6, 6.07) is 6.38. The SMILES string of the molecule is CCOCc1cc([C@@H]2NCCc3[nH]cnc32)ccc1OC. The fourth-order valence-electron chi connectivity index (χ4n) is 2.80. The van der Waals surface area contributed by atoms with Crippen molar-refractivity contribution in [2.75, 3.05) is 20.3 Å². The Morgan fingerprint density at radius 2 is 2.29 bits per heavy atom. The number of imidazole rings is 1. The highest BCUT2D eigenvalue weighted by atomic mass is 16.5. The van der Waals surface area contributed by atoms with Gasteiger partial charge < -0.3 is 19.8 Å². The van der Waals surface area contributed by atoms with Crippen molar-refractivity contribution in [1.29, 1.82) is 0 Å². The molecule has 112 valence electrons. The van der Waals surface area contributed by atoms with Gasteiger partial charge in [-0.1, -0.05) is 6.07 Å². The van der Waals surface area contributed by atoms with Crippen LogP contribution >= 0.6 is 0 Å². The van der Waals surface area contributed by atoms with E-state index in [4.69, 9.17) is 9.47 Å². The molecule has 0 fully saturated rings. The Kier molecular flexibility index (Phi) is 4.22. The number of rotatable bonds is 5. The zero-order chi connectivity index (χ0) is 14.7. The number of nitrogens with one attached hydrogen (secondary N) is 2. The molecule has 0 bridgehead atoms. The molecule has 2 aromatic rings. The van der Waals surface area contributed by atoms with Crippen LogP contribution in [0.15, 0.2) is 24.5 Å². The lowest BCUT2D eigenvalue weighted by molar-refractivity contribution is 0.132. The van der Waals surface area contributed by atoms with Crippen LogP contribution < -0.4 is 10.1 Å². The van der Waals surface area contributed by atoms with Crippen LogP contribution in [0.25, 0.3) is 0 Å². The summed E-state index contributed by atoms with van der Waals surface area (Å²) in [6.45, 7) is 4.20. The number of aromatic nitrogens is 2. The van der Waals surface area contributed by atoms with Crippen molar-refractivity contribution in [2.45, 2.75) is 26.0 Å². The Morgan fingerprint density at radius 1 is 1.38 bits per heavy atom. The maximum Gasteiger partial charge on any atom is 0.124 e. The number of methoxy groups -OCH3 is 1. The van der Waals surface area contributed by atoms with E-state index in [1.165, 1.54) is 11.3 Å². The molecule has 1 aliphatic rings. The van der Waals surface area contributed by atoms with Crippen molar-refractivity contribution >= 4 is 0 Å². The summed E-state index contributed by atoms with van der Waals surface area (Å²) in [6.07, 6.45) is 2.77. The second kappa shape index (κ2) is 6.28. The fraction of sp³-hybridized carbons (Fsp3) is 0.438. The van der Waals surface area contributed by atoms with Crippen LogP contribution in [-0.2, 0) is 17.8 Å². The Balaban J connectivity index is 1.93. The normalized spacial score (nSPS) is 17.5. The topological polar surface area (TPSA) is 59.2 Å². The minimum atomic E-state index is 0.131. The van der Waals surface area contributed by atoms with E-state index >= 15 is 0 Å². The second-order valence-corrected chi connectivity index (χ2v) is 5.11. The molecule has 0 aliphatic carbocycles. The van der Waals surface area contributed by atoms with E-state index in [-0.39, 0.29) is 6.04 Å². The van der Waals surface area contributed by atoms with Crippen molar-refractivity contribution in [1.82, 2.24) is 15.3 Å². The first-order chi connectivity index (χ1) is 10.3. The summed E-state index contributed by atoms with van der Waals surface area (Å²) in [4.78, 5) is 7.70. The molecule has 1 aromatic heterocycles.